The lowest BCUT2D eigenvalue weighted by molar-refractivity contribution is -0.655. The molecule has 0 saturated heterocycles. The summed E-state index contributed by atoms with van der Waals surface area (Å²) < 4.78 is 0. The van der Waals surface area contributed by atoms with Gasteiger partial charge in [0.05, 0.1) is 36.5 Å². The van der Waals surface area contributed by atoms with Crippen LogP contribution in [0.1, 0.15) is 31.1 Å². The minimum atomic E-state index is -1.79. The van der Waals surface area contributed by atoms with Gasteiger partial charge in [0, 0.05) is 11.1 Å². The van der Waals surface area contributed by atoms with Gasteiger partial charge in [0.25, 0.3) is 0 Å². The van der Waals surface area contributed by atoms with E-state index in [0.29, 0.717) is 6.07 Å². The molecule has 7 rings (SSSR count). The number of carboxylic acid groups (broad SMARTS) is 3. The van der Waals surface area contributed by atoms with Crippen molar-refractivity contribution in [2.24, 2.45) is 15.0 Å². The van der Waals surface area contributed by atoms with Crippen LogP contribution in [-0.4, -0.2) is 36.9 Å². The van der Waals surface area contributed by atoms with Crippen LogP contribution in [-0.2, 0) is 0 Å². The van der Waals surface area contributed by atoms with Gasteiger partial charge in [-0.05, 0) is 48.0 Å². The van der Waals surface area contributed by atoms with Crippen molar-refractivity contribution >= 4 is 54.0 Å². The Hall–Kier alpha value is -6.60. The molecule has 0 bridgehead atoms. The van der Waals surface area contributed by atoms with E-state index in [1.165, 1.54) is 31.8 Å². The number of aromatic carboxylic acids is 3. The predicted octanol–water partition coefficient (Wildman–Crippen LogP) is -1.07. The van der Waals surface area contributed by atoms with Gasteiger partial charge >= 0.3 is 0 Å². The summed E-state index contributed by atoms with van der Waals surface area (Å²) in [6, 6.07) is 33.1. The van der Waals surface area contributed by atoms with E-state index in [-0.39, 0.29) is 0 Å². The van der Waals surface area contributed by atoms with Gasteiger partial charge in [-0.2, -0.15) is 0 Å². The van der Waals surface area contributed by atoms with Gasteiger partial charge in [0.2, 0.25) is 0 Å². The van der Waals surface area contributed by atoms with Crippen molar-refractivity contribution in [1.29, 1.82) is 0 Å². The third-order valence-corrected chi connectivity index (χ3v) is 6.68. The molecule has 0 aromatic heterocycles. The summed E-state index contributed by atoms with van der Waals surface area (Å²) in [7, 11) is 0. The number of benzene rings is 4. The van der Waals surface area contributed by atoms with Crippen molar-refractivity contribution in [2.45, 2.75) is 0 Å². The summed E-state index contributed by atoms with van der Waals surface area (Å²) in [6.07, 6.45) is 17.1. The third-order valence-electron chi connectivity index (χ3n) is 6.68. The van der Waals surface area contributed by atoms with Gasteiger partial charge in [-0.3, -0.25) is 0 Å². The first-order valence-electron chi connectivity index (χ1n) is 14.5. The lowest BCUT2D eigenvalue weighted by Gasteiger charge is -2.13. The standard InChI is InChI=1S/3C9H8N2.C9H6O6/c3*1-2-4-9(5-3-1)11-7-6-10-8-11;10-7(11)4-1-2-5(8(12)13)6(3-4)9(14)15/h3*1-8H;1-3H,(H,10,11)(H,12,13)(H,14,15). The number of aliphatic imine (C=N–C) groups is 3. The molecule has 3 heterocycles. The second-order valence-electron chi connectivity index (χ2n) is 9.87. The largest absolute Gasteiger partial charge is 0.545 e. The Morgan fingerprint density at radius 2 is 0.792 bits per heavy atom. The van der Waals surface area contributed by atoms with Gasteiger partial charge in [-0.1, -0.05) is 66.7 Å². The number of carbonyl (C=O) groups is 3. The van der Waals surface area contributed by atoms with E-state index in [2.05, 4.69) is 51.4 Å². The smallest absolute Gasteiger partial charge is 0.198 e. The summed E-state index contributed by atoms with van der Waals surface area (Å²) in [5.74, 6) is -5.13. The number of quaternary nitrogens is 3. The van der Waals surface area contributed by atoms with E-state index < -0.39 is 34.6 Å². The van der Waals surface area contributed by atoms with Crippen molar-refractivity contribution in [1.82, 2.24) is 0 Å². The molecule has 0 fully saturated rings. The Labute approximate surface area is 276 Å². The minimum absolute atomic E-state index is 0.445. The molecule has 0 radical (unpaired) electrons. The quantitative estimate of drug-likeness (QED) is 0.242. The van der Waals surface area contributed by atoms with Crippen LogP contribution in [0.4, 0.5) is 17.1 Å². The van der Waals surface area contributed by atoms with Crippen LogP contribution in [0, 0.1) is 0 Å². The molecule has 3 aliphatic heterocycles. The fourth-order valence-corrected chi connectivity index (χ4v) is 4.29. The van der Waals surface area contributed by atoms with Crippen LogP contribution in [0.2, 0.25) is 0 Å². The molecular weight excluding hydrogens is 612 g/mol. The van der Waals surface area contributed by atoms with Crippen LogP contribution in [0.3, 0.4) is 0 Å². The maximum Gasteiger partial charge on any atom is 0.198 e. The Bertz CT molecular complexity index is 1690. The fourth-order valence-electron chi connectivity index (χ4n) is 4.29. The second kappa shape index (κ2) is 17.8. The molecule has 48 heavy (non-hydrogen) atoms. The first-order valence-corrected chi connectivity index (χ1v) is 14.5. The summed E-state index contributed by atoms with van der Waals surface area (Å²) >= 11 is 0. The van der Waals surface area contributed by atoms with Crippen molar-refractivity contribution < 1.29 is 44.4 Å². The molecule has 4 aromatic carbocycles. The van der Waals surface area contributed by atoms with Crippen molar-refractivity contribution in [2.75, 3.05) is 0 Å². The Balaban J connectivity index is 0.000000146. The van der Waals surface area contributed by atoms with Gasteiger partial charge in [-0.15, -0.1) is 0 Å². The lowest BCUT2D eigenvalue weighted by atomic mass is 10.0. The molecule has 0 saturated carbocycles. The molecular formula is C36H30N6O6. The molecule has 3 aliphatic rings. The first kappa shape index (κ1) is 34.3. The molecule has 4 aromatic rings. The van der Waals surface area contributed by atoms with Crippen molar-refractivity contribution in [3.63, 3.8) is 0 Å². The van der Waals surface area contributed by atoms with Crippen LogP contribution in [0.5, 0.6) is 0 Å². The average molecular weight is 643 g/mol. The van der Waals surface area contributed by atoms with E-state index in [1.54, 1.807) is 0 Å². The molecule has 12 heteroatoms. The second-order valence-corrected chi connectivity index (χ2v) is 9.87. The highest BCUT2D eigenvalue weighted by Gasteiger charge is 2.09. The Kier molecular flexibility index (Phi) is 12.7. The predicted molar refractivity (Wildman–Crippen MR) is 174 cm³/mol. The topological polar surface area (TPSA) is 171 Å². The number of nitrogens with zero attached hydrogens (tertiary/aromatic N) is 3. The summed E-state index contributed by atoms with van der Waals surface area (Å²) in [5, 5.41) is 31.3. The molecule has 12 nitrogen and oxygen atoms in total. The number of nitrogens with one attached hydrogen (secondary N) is 3. The van der Waals surface area contributed by atoms with Crippen LogP contribution in [0.25, 0.3) is 0 Å². The van der Waals surface area contributed by atoms with Crippen LogP contribution >= 0.6 is 0 Å². The highest BCUT2D eigenvalue weighted by Crippen LogP contribution is 2.10. The zero-order valence-corrected chi connectivity index (χ0v) is 25.4. The van der Waals surface area contributed by atoms with E-state index in [4.69, 9.17) is 0 Å². The van der Waals surface area contributed by atoms with Crippen LogP contribution < -0.4 is 30.0 Å². The SMILES string of the molecule is C1=C[NH+](c2ccccc2)C=N1.C1=C[NH+](c2ccccc2)C=N1.C1=C[NH+](c2ccccc2)C=N1.O=C([O-])c1ccc(C(=O)[O-])c(C(=O)[O-])c1. The fraction of sp³-hybridized carbons (Fsp3) is 0. The average Bonchev–Trinajstić information content (AvgIpc) is 3.95. The molecule has 3 unspecified atom stereocenters. The lowest BCUT2D eigenvalue weighted by Crippen LogP contribution is -3.00. The zero-order chi connectivity index (χ0) is 34.1. The maximum atomic E-state index is 10.5. The molecule has 3 atom stereocenters. The maximum absolute atomic E-state index is 10.5. The molecule has 3 N–H and O–H groups in total. The highest BCUT2D eigenvalue weighted by atomic mass is 16.4. The highest BCUT2D eigenvalue weighted by molar-refractivity contribution is 6.02. The van der Waals surface area contributed by atoms with Crippen molar-refractivity contribution in [3.05, 3.63) is 163 Å². The van der Waals surface area contributed by atoms with Crippen molar-refractivity contribution in [3.8, 4) is 0 Å². The van der Waals surface area contributed by atoms with E-state index in [9.17, 15) is 29.7 Å². The number of para-hydroxylation sites is 3. The third kappa shape index (κ3) is 10.2. The summed E-state index contributed by atoms with van der Waals surface area (Å²) in [5.41, 5.74) is 1.84. The monoisotopic (exact) mass is 642 g/mol. The molecule has 0 spiro atoms. The molecule has 240 valence electrons. The van der Waals surface area contributed by atoms with E-state index >= 15 is 0 Å². The number of hydrogen-bond acceptors (Lipinski definition) is 9. The van der Waals surface area contributed by atoms with Gasteiger partial charge in [-0.25, -0.2) is 29.7 Å². The van der Waals surface area contributed by atoms with E-state index in [1.807, 2.05) is 111 Å². The van der Waals surface area contributed by atoms with Gasteiger partial charge in [0.15, 0.2) is 19.0 Å². The van der Waals surface area contributed by atoms with Crippen LogP contribution in [0.15, 0.2) is 161 Å². The molecule has 0 aliphatic carbocycles. The number of hydrogen-bond donors (Lipinski definition) is 3. The zero-order valence-electron chi connectivity index (χ0n) is 25.4. The molecule has 0 amide bonds. The normalized spacial score (nSPS) is 17.4. The van der Waals surface area contributed by atoms with E-state index in [0.717, 1.165) is 12.1 Å². The minimum Gasteiger partial charge on any atom is -0.545 e. The number of rotatable bonds is 6. The Morgan fingerprint density at radius 3 is 1.06 bits per heavy atom. The summed E-state index contributed by atoms with van der Waals surface area (Å²) in [6.45, 7) is 0. The summed E-state index contributed by atoms with van der Waals surface area (Å²) in [4.78, 5) is 46.8. The van der Waals surface area contributed by atoms with Gasteiger partial charge < -0.3 is 29.7 Å². The number of carbonyl (C=O) groups excluding carboxylic acids is 3. The Morgan fingerprint density at radius 1 is 0.438 bits per heavy atom. The number of carboxylic acids is 3. The first-order chi connectivity index (χ1) is 23.3. The van der Waals surface area contributed by atoms with Gasteiger partial charge in [0.1, 0.15) is 35.7 Å².